The largest absolute Gasteiger partial charge is 0.313 e. The fourth-order valence-corrected chi connectivity index (χ4v) is 2.16. The van der Waals surface area contributed by atoms with Crippen molar-refractivity contribution in [2.75, 3.05) is 7.05 Å². The molecule has 0 radical (unpaired) electrons. The third-order valence-electron chi connectivity index (χ3n) is 3.21. The molecule has 2 rings (SSSR count). The highest BCUT2D eigenvalue weighted by molar-refractivity contribution is 5.21. The van der Waals surface area contributed by atoms with Crippen molar-refractivity contribution in [3.05, 3.63) is 71.5 Å². The highest BCUT2D eigenvalue weighted by Crippen LogP contribution is 2.19. The van der Waals surface area contributed by atoms with E-state index in [1.54, 1.807) is 6.07 Å². The molecule has 1 atom stereocenters. The van der Waals surface area contributed by atoms with E-state index in [0.717, 1.165) is 18.4 Å². The topological polar surface area (TPSA) is 12.0 Å². The zero-order valence-electron chi connectivity index (χ0n) is 10.6. The van der Waals surface area contributed by atoms with Crippen molar-refractivity contribution in [1.82, 2.24) is 5.32 Å². The lowest BCUT2D eigenvalue weighted by Gasteiger charge is -2.16. The summed E-state index contributed by atoms with van der Waals surface area (Å²) in [7, 11) is 1.94. The Kier molecular flexibility index (Phi) is 4.48. The minimum Gasteiger partial charge on any atom is -0.313 e. The predicted molar refractivity (Wildman–Crippen MR) is 73.0 cm³/mol. The third kappa shape index (κ3) is 3.17. The van der Waals surface area contributed by atoms with E-state index in [0.29, 0.717) is 0 Å². The molecule has 0 fully saturated rings. The van der Waals surface area contributed by atoms with E-state index >= 15 is 0 Å². The SMILES string of the molecule is CNC(CCc1ccccc1F)c1ccccc1. The maximum absolute atomic E-state index is 13.5. The van der Waals surface area contributed by atoms with Gasteiger partial charge in [0.15, 0.2) is 0 Å². The number of rotatable bonds is 5. The molecule has 94 valence electrons. The Morgan fingerprint density at radius 2 is 1.67 bits per heavy atom. The van der Waals surface area contributed by atoms with Gasteiger partial charge in [-0.15, -0.1) is 0 Å². The standard InChI is InChI=1S/C16H18FN/c1-18-16(14-8-3-2-4-9-14)12-11-13-7-5-6-10-15(13)17/h2-10,16,18H,11-12H2,1H3. The zero-order chi connectivity index (χ0) is 12.8. The van der Waals surface area contributed by atoms with Crippen molar-refractivity contribution in [3.63, 3.8) is 0 Å². The molecule has 2 heteroatoms. The van der Waals surface area contributed by atoms with Crippen molar-refractivity contribution in [2.45, 2.75) is 18.9 Å². The number of nitrogens with one attached hydrogen (secondary N) is 1. The molecule has 0 spiro atoms. The highest BCUT2D eigenvalue weighted by Gasteiger charge is 2.10. The molecule has 0 aromatic heterocycles. The molecule has 0 aliphatic carbocycles. The van der Waals surface area contributed by atoms with Gasteiger partial charge in [0.1, 0.15) is 5.82 Å². The number of aryl methyl sites for hydroxylation is 1. The van der Waals surface area contributed by atoms with Crippen LogP contribution < -0.4 is 5.32 Å². The Morgan fingerprint density at radius 1 is 1.00 bits per heavy atom. The van der Waals surface area contributed by atoms with Gasteiger partial charge in [0.2, 0.25) is 0 Å². The average Bonchev–Trinajstić information content (AvgIpc) is 2.42. The van der Waals surface area contributed by atoms with E-state index in [4.69, 9.17) is 0 Å². The van der Waals surface area contributed by atoms with Gasteiger partial charge in [-0.1, -0.05) is 48.5 Å². The summed E-state index contributed by atoms with van der Waals surface area (Å²) in [4.78, 5) is 0. The highest BCUT2D eigenvalue weighted by atomic mass is 19.1. The van der Waals surface area contributed by atoms with Crippen LogP contribution in [0.15, 0.2) is 54.6 Å². The zero-order valence-corrected chi connectivity index (χ0v) is 10.6. The van der Waals surface area contributed by atoms with Crippen LogP contribution in [0.3, 0.4) is 0 Å². The molecule has 0 saturated heterocycles. The molecule has 0 bridgehead atoms. The lowest BCUT2D eigenvalue weighted by atomic mass is 9.99. The molecular formula is C16H18FN. The fourth-order valence-electron chi connectivity index (χ4n) is 2.16. The van der Waals surface area contributed by atoms with Crippen LogP contribution in [-0.4, -0.2) is 7.05 Å². The molecule has 2 aromatic rings. The molecule has 1 unspecified atom stereocenters. The van der Waals surface area contributed by atoms with Gasteiger partial charge in [0, 0.05) is 6.04 Å². The second kappa shape index (κ2) is 6.31. The first kappa shape index (κ1) is 12.8. The number of halogens is 1. The quantitative estimate of drug-likeness (QED) is 0.844. The normalized spacial score (nSPS) is 12.3. The van der Waals surface area contributed by atoms with Crippen LogP contribution in [0.1, 0.15) is 23.6 Å². The molecule has 2 aromatic carbocycles. The van der Waals surface area contributed by atoms with Crippen LogP contribution >= 0.6 is 0 Å². The molecule has 0 heterocycles. The van der Waals surface area contributed by atoms with E-state index in [-0.39, 0.29) is 11.9 Å². The molecule has 0 saturated carbocycles. The van der Waals surface area contributed by atoms with Crippen molar-refractivity contribution < 1.29 is 4.39 Å². The number of hydrogen-bond acceptors (Lipinski definition) is 1. The van der Waals surface area contributed by atoms with E-state index < -0.39 is 0 Å². The van der Waals surface area contributed by atoms with E-state index in [9.17, 15) is 4.39 Å². The number of benzene rings is 2. The van der Waals surface area contributed by atoms with E-state index in [2.05, 4.69) is 17.4 Å². The van der Waals surface area contributed by atoms with Gasteiger partial charge in [-0.05, 0) is 37.1 Å². The molecule has 0 amide bonds. The Bertz CT molecular complexity index is 481. The van der Waals surface area contributed by atoms with Gasteiger partial charge in [0.25, 0.3) is 0 Å². The first-order valence-corrected chi connectivity index (χ1v) is 6.27. The van der Waals surface area contributed by atoms with Crippen LogP contribution in [0.25, 0.3) is 0 Å². The Morgan fingerprint density at radius 3 is 2.33 bits per heavy atom. The van der Waals surface area contributed by atoms with Gasteiger partial charge < -0.3 is 5.32 Å². The molecule has 0 aliphatic heterocycles. The van der Waals surface area contributed by atoms with E-state index in [1.807, 2.05) is 37.4 Å². The van der Waals surface area contributed by atoms with Crippen molar-refractivity contribution in [2.24, 2.45) is 0 Å². The second-order valence-corrected chi connectivity index (χ2v) is 4.38. The third-order valence-corrected chi connectivity index (χ3v) is 3.21. The lowest BCUT2D eigenvalue weighted by Crippen LogP contribution is -2.17. The van der Waals surface area contributed by atoms with Gasteiger partial charge in [0.05, 0.1) is 0 Å². The summed E-state index contributed by atoms with van der Waals surface area (Å²) < 4.78 is 13.5. The summed E-state index contributed by atoms with van der Waals surface area (Å²) in [6, 6.07) is 17.5. The summed E-state index contributed by atoms with van der Waals surface area (Å²) in [5.74, 6) is -0.111. The predicted octanol–water partition coefficient (Wildman–Crippen LogP) is 3.72. The minimum absolute atomic E-state index is 0.111. The van der Waals surface area contributed by atoms with Crippen LogP contribution in [0.5, 0.6) is 0 Å². The Hall–Kier alpha value is -1.67. The maximum Gasteiger partial charge on any atom is 0.126 e. The number of hydrogen-bond donors (Lipinski definition) is 1. The van der Waals surface area contributed by atoms with Crippen LogP contribution in [0.4, 0.5) is 4.39 Å². The molecule has 18 heavy (non-hydrogen) atoms. The molecule has 1 N–H and O–H groups in total. The molecular weight excluding hydrogens is 225 g/mol. The first-order chi connectivity index (χ1) is 8.81. The molecule has 0 aliphatic rings. The molecule has 1 nitrogen and oxygen atoms in total. The summed E-state index contributed by atoms with van der Waals surface area (Å²) in [5, 5.41) is 3.29. The summed E-state index contributed by atoms with van der Waals surface area (Å²) in [6.07, 6.45) is 1.63. The van der Waals surface area contributed by atoms with E-state index in [1.165, 1.54) is 11.6 Å². The monoisotopic (exact) mass is 243 g/mol. The van der Waals surface area contributed by atoms with Crippen molar-refractivity contribution in [1.29, 1.82) is 0 Å². The minimum atomic E-state index is -0.111. The van der Waals surface area contributed by atoms with Crippen LogP contribution in [0, 0.1) is 5.82 Å². The lowest BCUT2D eigenvalue weighted by molar-refractivity contribution is 0.534. The fraction of sp³-hybridized carbons (Fsp3) is 0.250. The summed E-state index contributed by atoms with van der Waals surface area (Å²) >= 11 is 0. The first-order valence-electron chi connectivity index (χ1n) is 6.27. The second-order valence-electron chi connectivity index (χ2n) is 4.38. The summed E-state index contributed by atoms with van der Waals surface area (Å²) in [6.45, 7) is 0. The average molecular weight is 243 g/mol. The van der Waals surface area contributed by atoms with Crippen LogP contribution in [0.2, 0.25) is 0 Å². The van der Waals surface area contributed by atoms with Crippen LogP contribution in [-0.2, 0) is 6.42 Å². The Labute approximate surface area is 108 Å². The maximum atomic E-state index is 13.5. The van der Waals surface area contributed by atoms with Gasteiger partial charge in [-0.25, -0.2) is 4.39 Å². The van der Waals surface area contributed by atoms with Crippen molar-refractivity contribution in [3.8, 4) is 0 Å². The smallest absolute Gasteiger partial charge is 0.126 e. The van der Waals surface area contributed by atoms with Gasteiger partial charge in [-0.3, -0.25) is 0 Å². The van der Waals surface area contributed by atoms with Crippen molar-refractivity contribution >= 4 is 0 Å². The Balaban J connectivity index is 2.02. The van der Waals surface area contributed by atoms with Gasteiger partial charge >= 0.3 is 0 Å². The summed E-state index contributed by atoms with van der Waals surface area (Å²) in [5.41, 5.74) is 2.03. The van der Waals surface area contributed by atoms with Gasteiger partial charge in [-0.2, -0.15) is 0 Å².